The van der Waals surface area contributed by atoms with Crippen molar-refractivity contribution in [3.8, 4) is 5.75 Å². The van der Waals surface area contributed by atoms with Gasteiger partial charge in [0.15, 0.2) is 0 Å². The van der Waals surface area contributed by atoms with Gasteiger partial charge in [-0.15, -0.1) is 0 Å². The number of rotatable bonds is 5. The summed E-state index contributed by atoms with van der Waals surface area (Å²) in [5.41, 5.74) is 1.71. The number of para-hydroxylation sites is 1. The molecule has 0 bridgehead atoms. The highest BCUT2D eigenvalue weighted by molar-refractivity contribution is 6.05. The lowest BCUT2D eigenvalue weighted by atomic mass is 9.69. The number of piperidine rings is 1. The van der Waals surface area contributed by atoms with E-state index < -0.39 is 5.41 Å². The Balaban J connectivity index is 1.63. The molecule has 2 aromatic rings. The van der Waals surface area contributed by atoms with Gasteiger partial charge in [0.2, 0.25) is 11.8 Å². The Bertz CT molecular complexity index is 921. The van der Waals surface area contributed by atoms with Crippen molar-refractivity contribution >= 4 is 23.2 Å². The molecule has 1 heterocycles. The number of nitrogens with zero attached hydrogens (tertiary/aromatic N) is 1. The second-order valence-corrected chi connectivity index (χ2v) is 7.54. The maximum atomic E-state index is 13.5. The van der Waals surface area contributed by atoms with Gasteiger partial charge in [-0.2, -0.15) is 0 Å². The molecule has 5 heteroatoms. The molecule has 2 aromatic carbocycles. The van der Waals surface area contributed by atoms with E-state index in [-0.39, 0.29) is 11.8 Å². The van der Waals surface area contributed by atoms with Gasteiger partial charge >= 0.3 is 0 Å². The van der Waals surface area contributed by atoms with Crippen molar-refractivity contribution in [3.63, 3.8) is 0 Å². The van der Waals surface area contributed by atoms with E-state index in [0.29, 0.717) is 19.4 Å². The van der Waals surface area contributed by atoms with E-state index in [0.717, 1.165) is 42.1 Å². The molecule has 1 atom stereocenters. The third kappa shape index (κ3) is 3.65. The van der Waals surface area contributed by atoms with E-state index in [4.69, 9.17) is 4.74 Å². The van der Waals surface area contributed by atoms with Gasteiger partial charge in [-0.3, -0.25) is 14.5 Å². The number of allylic oxidation sites excluding steroid dienone is 1. The molecule has 29 heavy (non-hydrogen) atoms. The van der Waals surface area contributed by atoms with Gasteiger partial charge in [-0.1, -0.05) is 24.3 Å². The maximum absolute atomic E-state index is 13.5. The number of benzene rings is 2. The molecule has 1 aliphatic carbocycles. The molecule has 0 saturated carbocycles. The summed E-state index contributed by atoms with van der Waals surface area (Å²) >= 11 is 0. The van der Waals surface area contributed by atoms with Gasteiger partial charge in [0.25, 0.3) is 0 Å². The molecular formula is C24H26N2O3. The predicted molar refractivity (Wildman–Crippen MR) is 114 cm³/mol. The number of ether oxygens (including phenoxy) is 1. The van der Waals surface area contributed by atoms with Crippen molar-refractivity contribution in [2.75, 3.05) is 16.8 Å². The fourth-order valence-electron chi connectivity index (χ4n) is 4.35. The number of hydrogen-bond acceptors (Lipinski definition) is 3. The van der Waals surface area contributed by atoms with Crippen molar-refractivity contribution in [1.29, 1.82) is 0 Å². The highest BCUT2D eigenvalue weighted by Gasteiger charge is 2.50. The molecule has 0 radical (unpaired) electrons. The smallest absolute Gasteiger partial charge is 0.236 e. The predicted octanol–water partition coefficient (Wildman–Crippen LogP) is 4.91. The molecule has 1 aliphatic heterocycles. The Morgan fingerprint density at radius 2 is 1.86 bits per heavy atom. The van der Waals surface area contributed by atoms with Gasteiger partial charge in [0, 0.05) is 23.5 Å². The lowest BCUT2D eigenvalue weighted by molar-refractivity contribution is -0.128. The first-order chi connectivity index (χ1) is 14.1. The molecule has 1 N–H and O–H groups in total. The lowest BCUT2D eigenvalue weighted by Gasteiger charge is -2.45. The van der Waals surface area contributed by atoms with Gasteiger partial charge < -0.3 is 10.1 Å². The zero-order chi connectivity index (χ0) is 20.3. The quantitative estimate of drug-likeness (QED) is 0.790. The van der Waals surface area contributed by atoms with Crippen molar-refractivity contribution in [2.45, 2.75) is 39.0 Å². The molecule has 1 saturated heterocycles. The summed E-state index contributed by atoms with van der Waals surface area (Å²) < 4.78 is 5.48. The fraction of sp³-hybridized carbons (Fsp3) is 0.333. The van der Waals surface area contributed by atoms with Gasteiger partial charge in [0.1, 0.15) is 5.75 Å². The SMILES string of the molecule is CCOc1ccc(NC(=O)C23CCCC=C2N(c2ccccc2)C(=O)CC3)cc1. The summed E-state index contributed by atoms with van der Waals surface area (Å²) in [4.78, 5) is 28.1. The number of amides is 2. The molecule has 4 rings (SSSR count). The highest BCUT2D eigenvalue weighted by atomic mass is 16.5. The van der Waals surface area contributed by atoms with Crippen LogP contribution in [-0.4, -0.2) is 18.4 Å². The summed E-state index contributed by atoms with van der Waals surface area (Å²) in [6.07, 6.45) is 5.55. The van der Waals surface area contributed by atoms with Crippen LogP contribution in [0.5, 0.6) is 5.75 Å². The van der Waals surface area contributed by atoms with E-state index >= 15 is 0 Å². The van der Waals surface area contributed by atoms with Gasteiger partial charge in [-0.05, 0) is 69.0 Å². The number of hydrogen-bond donors (Lipinski definition) is 1. The second-order valence-electron chi connectivity index (χ2n) is 7.54. The molecule has 5 nitrogen and oxygen atoms in total. The first kappa shape index (κ1) is 19.2. The Morgan fingerprint density at radius 1 is 1.10 bits per heavy atom. The van der Waals surface area contributed by atoms with E-state index in [2.05, 4.69) is 11.4 Å². The summed E-state index contributed by atoms with van der Waals surface area (Å²) in [6, 6.07) is 17.0. The number of nitrogens with one attached hydrogen (secondary N) is 1. The number of carbonyl (C=O) groups is 2. The summed E-state index contributed by atoms with van der Waals surface area (Å²) in [7, 11) is 0. The third-order valence-corrected chi connectivity index (χ3v) is 5.76. The molecule has 0 spiro atoms. The summed E-state index contributed by atoms with van der Waals surface area (Å²) in [6.45, 7) is 2.54. The molecular weight excluding hydrogens is 364 g/mol. The van der Waals surface area contributed by atoms with Crippen LogP contribution in [0.2, 0.25) is 0 Å². The molecule has 2 aliphatic rings. The average Bonchev–Trinajstić information content (AvgIpc) is 2.76. The monoisotopic (exact) mass is 390 g/mol. The van der Waals surface area contributed by atoms with E-state index in [1.54, 1.807) is 4.90 Å². The van der Waals surface area contributed by atoms with Gasteiger partial charge in [0.05, 0.1) is 12.0 Å². The molecule has 2 amide bonds. The largest absolute Gasteiger partial charge is 0.494 e. The maximum Gasteiger partial charge on any atom is 0.236 e. The minimum atomic E-state index is -0.680. The van der Waals surface area contributed by atoms with Crippen molar-refractivity contribution in [3.05, 3.63) is 66.4 Å². The molecule has 1 unspecified atom stereocenters. The number of carbonyl (C=O) groups excluding carboxylic acids is 2. The van der Waals surface area contributed by atoms with E-state index in [9.17, 15) is 9.59 Å². The Labute approximate surface area is 171 Å². The summed E-state index contributed by atoms with van der Waals surface area (Å²) in [5, 5.41) is 3.08. The first-order valence-electron chi connectivity index (χ1n) is 10.3. The van der Waals surface area contributed by atoms with Crippen molar-refractivity contribution in [2.24, 2.45) is 5.41 Å². The van der Waals surface area contributed by atoms with E-state index in [1.807, 2.05) is 61.5 Å². The van der Waals surface area contributed by atoms with Crippen molar-refractivity contribution in [1.82, 2.24) is 0 Å². The van der Waals surface area contributed by atoms with E-state index in [1.165, 1.54) is 0 Å². The summed E-state index contributed by atoms with van der Waals surface area (Å²) in [5.74, 6) is 0.787. The van der Waals surface area contributed by atoms with Crippen LogP contribution in [0.4, 0.5) is 11.4 Å². The normalized spacial score (nSPS) is 21.2. The molecule has 1 fully saturated rings. The molecule has 150 valence electrons. The van der Waals surface area contributed by atoms with Crippen molar-refractivity contribution < 1.29 is 14.3 Å². The van der Waals surface area contributed by atoms with Crippen LogP contribution >= 0.6 is 0 Å². The lowest BCUT2D eigenvalue weighted by Crippen LogP contribution is -2.51. The van der Waals surface area contributed by atoms with Gasteiger partial charge in [-0.25, -0.2) is 0 Å². The Hall–Kier alpha value is -3.08. The fourth-order valence-corrected chi connectivity index (χ4v) is 4.35. The second kappa shape index (κ2) is 8.11. The average molecular weight is 390 g/mol. The Morgan fingerprint density at radius 3 is 2.59 bits per heavy atom. The zero-order valence-electron chi connectivity index (χ0n) is 16.7. The first-order valence-corrected chi connectivity index (χ1v) is 10.3. The zero-order valence-corrected chi connectivity index (χ0v) is 16.7. The van der Waals surface area contributed by atoms with Crippen LogP contribution in [0, 0.1) is 5.41 Å². The van der Waals surface area contributed by atoms with Crippen LogP contribution in [0.25, 0.3) is 0 Å². The van der Waals surface area contributed by atoms with Crippen LogP contribution < -0.4 is 15.0 Å². The van der Waals surface area contributed by atoms with Crippen LogP contribution in [0.3, 0.4) is 0 Å². The minimum Gasteiger partial charge on any atom is -0.494 e. The topological polar surface area (TPSA) is 58.6 Å². The van der Waals surface area contributed by atoms with Crippen LogP contribution in [0.1, 0.15) is 39.0 Å². The van der Waals surface area contributed by atoms with Crippen LogP contribution in [0.15, 0.2) is 66.4 Å². The minimum absolute atomic E-state index is 0.0407. The Kier molecular flexibility index (Phi) is 5.38. The number of anilines is 2. The third-order valence-electron chi connectivity index (χ3n) is 5.76. The van der Waals surface area contributed by atoms with Crippen LogP contribution in [-0.2, 0) is 9.59 Å². The molecule has 0 aromatic heterocycles. The number of fused-ring (bicyclic) bond motifs is 1. The highest BCUT2D eigenvalue weighted by Crippen LogP contribution is 2.48. The standard InChI is InChI=1S/C24H26N2O3/c1-2-29-20-13-11-18(12-14-20)25-23(28)24-16-7-6-10-21(24)26(22(27)15-17-24)19-8-4-3-5-9-19/h3-5,8-14H,2,6-7,15-17H2,1H3,(H,25,28).